The van der Waals surface area contributed by atoms with E-state index in [9.17, 15) is 9.59 Å². The van der Waals surface area contributed by atoms with Gasteiger partial charge in [0.15, 0.2) is 11.5 Å². The second-order valence-electron chi connectivity index (χ2n) is 6.67. The second kappa shape index (κ2) is 11.5. The van der Waals surface area contributed by atoms with E-state index in [0.29, 0.717) is 68.6 Å². The molecule has 2 rings (SSSR count). The Kier molecular flexibility index (Phi) is 9.05. The average molecular weight is 408 g/mol. The van der Waals surface area contributed by atoms with Gasteiger partial charge in [-0.2, -0.15) is 0 Å². The van der Waals surface area contributed by atoms with E-state index in [1.54, 1.807) is 17.0 Å². The smallest absolute Gasteiger partial charge is 0.254 e. The van der Waals surface area contributed by atoms with Crippen molar-refractivity contribution in [2.75, 3.05) is 46.6 Å². The SMILES string of the molecule is CCOc1cc(C(=O)N2CCC(NC(=O)COC)CC2)cc(OCC)c1OCC. The summed E-state index contributed by atoms with van der Waals surface area (Å²) in [5.74, 6) is 1.31. The Morgan fingerprint density at radius 2 is 1.55 bits per heavy atom. The molecule has 29 heavy (non-hydrogen) atoms. The molecule has 0 unspecified atom stereocenters. The Bertz CT molecular complexity index is 659. The van der Waals surface area contributed by atoms with Crippen molar-refractivity contribution in [1.82, 2.24) is 10.2 Å². The van der Waals surface area contributed by atoms with Gasteiger partial charge in [-0.1, -0.05) is 0 Å². The summed E-state index contributed by atoms with van der Waals surface area (Å²) in [6.07, 6.45) is 1.41. The molecule has 8 nitrogen and oxygen atoms in total. The number of likely N-dealkylation sites (tertiary alicyclic amines) is 1. The van der Waals surface area contributed by atoms with Crippen molar-refractivity contribution in [3.05, 3.63) is 17.7 Å². The lowest BCUT2D eigenvalue weighted by Crippen LogP contribution is -2.47. The highest BCUT2D eigenvalue weighted by Crippen LogP contribution is 2.39. The molecular weight excluding hydrogens is 376 g/mol. The van der Waals surface area contributed by atoms with Crippen molar-refractivity contribution in [2.45, 2.75) is 39.7 Å². The molecule has 162 valence electrons. The largest absolute Gasteiger partial charge is 0.490 e. The number of ether oxygens (including phenoxy) is 4. The van der Waals surface area contributed by atoms with Gasteiger partial charge in [-0.15, -0.1) is 0 Å². The van der Waals surface area contributed by atoms with Crippen LogP contribution in [0.15, 0.2) is 12.1 Å². The summed E-state index contributed by atoms with van der Waals surface area (Å²) in [4.78, 5) is 26.5. The number of benzene rings is 1. The van der Waals surface area contributed by atoms with Gasteiger partial charge >= 0.3 is 0 Å². The molecule has 1 aromatic carbocycles. The minimum Gasteiger partial charge on any atom is -0.490 e. The van der Waals surface area contributed by atoms with Crippen LogP contribution in [0.5, 0.6) is 17.2 Å². The van der Waals surface area contributed by atoms with Gasteiger partial charge in [0.05, 0.1) is 19.8 Å². The third-order valence-electron chi connectivity index (χ3n) is 4.58. The molecule has 0 atom stereocenters. The Morgan fingerprint density at radius 3 is 2.03 bits per heavy atom. The molecule has 0 saturated carbocycles. The molecule has 8 heteroatoms. The minimum atomic E-state index is -0.133. The van der Waals surface area contributed by atoms with E-state index in [1.807, 2.05) is 20.8 Å². The molecule has 1 N–H and O–H groups in total. The van der Waals surface area contributed by atoms with Crippen LogP contribution in [0.3, 0.4) is 0 Å². The molecule has 0 radical (unpaired) electrons. The predicted octanol–water partition coefficient (Wildman–Crippen LogP) is 2.25. The Morgan fingerprint density at radius 1 is 1.00 bits per heavy atom. The van der Waals surface area contributed by atoms with E-state index in [0.717, 1.165) is 0 Å². The van der Waals surface area contributed by atoms with Gasteiger partial charge in [0, 0.05) is 31.8 Å². The average Bonchev–Trinajstić information content (AvgIpc) is 2.71. The van der Waals surface area contributed by atoms with E-state index in [-0.39, 0.29) is 24.5 Å². The summed E-state index contributed by atoms with van der Waals surface area (Å²) in [7, 11) is 1.49. The maximum atomic E-state index is 13.1. The highest BCUT2D eigenvalue weighted by molar-refractivity contribution is 5.95. The lowest BCUT2D eigenvalue weighted by atomic mass is 10.0. The number of methoxy groups -OCH3 is 1. The van der Waals surface area contributed by atoms with Crippen LogP contribution in [0.25, 0.3) is 0 Å². The minimum absolute atomic E-state index is 0.0474. The molecule has 1 fully saturated rings. The zero-order valence-corrected chi connectivity index (χ0v) is 17.8. The standard InChI is InChI=1S/C21H32N2O6/c1-5-27-17-12-15(13-18(28-6-2)20(17)29-7-3)21(25)23-10-8-16(9-11-23)22-19(24)14-26-4/h12-13,16H,5-11,14H2,1-4H3,(H,22,24). The summed E-state index contributed by atoms with van der Waals surface area (Å²) in [5.41, 5.74) is 0.502. The molecule has 1 saturated heterocycles. The van der Waals surface area contributed by atoms with Gasteiger partial charge in [-0.05, 0) is 45.7 Å². The molecule has 0 aliphatic carbocycles. The first-order valence-corrected chi connectivity index (χ1v) is 10.2. The van der Waals surface area contributed by atoms with Crippen molar-refractivity contribution < 1.29 is 28.5 Å². The van der Waals surface area contributed by atoms with E-state index in [1.165, 1.54) is 7.11 Å². The number of nitrogens with one attached hydrogen (secondary N) is 1. The highest BCUT2D eigenvalue weighted by Gasteiger charge is 2.26. The van der Waals surface area contributed by atoms with Gasteiger partial charge in [0.2, 0.25) is 11.7 Å². The van der Waals surface area contributed by atoms with E-state index in [2.05, 4.69) is 5.32 Å². The summed E-state index contributed by atoms with van der Waals surface area (Å²) in [6, 6.07) is 3.48. The monoisotopic (exact) mass is 408 g/mol. The second-order valence-corrected chi connectivity index (χ2v) is 6.67. The summed E-state index contributed by atoms with van der Waals surface area (Å²) in [6.45, 7) is 8.21. The fourth-order valence-corrected chi connectivity index (χ4v) is 3.32. The number of hydrogen-bond acceptors (Lipinski definition) is 6. The van der Waals surface area contributed by atoms with Gasteiger partial charge in [-0.3, -0.25) is 9.59 Å². The topological polar surface area (TPSA) is 86.3 Å². The quantitative estimate of drug-likeness (QED) is 0.639. The molecule has 1 aliphatic rings. The van der Waals surface area contributed by atoms with Crippen LogP contribution in [0.1, 0.15) is 44.0 Å². The maximum Gasteiger partial charge on any atom is 0.254 e. The van der Waals surface area contributed by atoms with Gasteiger partial charge in [0.1, 0.15) is 6.61 Å². The molecule has 1 aromatic rings. The van der Waals surface area contributed by atoms with Crippen LogP contribution in [0.4, 0.5) is 0 Å². The number of carbonyl (C=O) groups is 2. The molecular formula is C21H32N2O6. The van der Waals surface area contributed by atoms with Crippen LogP contribution in [-0.2, 0) is 9.53 Å². The van der Waals surface area contributed by atoms with Crippen molar-refractivity contribution >= 4 is 11.8 Å². The zero-order valence-electron chi connectivity index (χ0n) is 17.8. The third kappa shape index (κ3) is 6.25. The Balaban J connectivity index is 2.13. The maximum absolute atomic E-state index is 13.1. The first-order valence-electron chi connectivity index (χ1n) is 10.2. The predicted molar refractivity (Wildman–Crippen MR) is 109 cm³/mol. The first kappa shape index (κ1) is 22.8. The third-order valence-corrected chi connectivity index (χ3v) is 4.58. The van der Waals surface area contributed by atoms with E-state index in [4.69, 9.17) is 18.9 Å². The number of amides is 2. The number of hydrogen-bond donors (Lipinski definition) is 1. The van der Waals surface area contributed by atoms with Crippen LogP contribution >= 0.6 is 0 Å². The number of carbonyl (C=O) groups excluding carboxylic acids is 2. The van der Waals surface area contributed by atoms with Crippen LogP contribution in [-0.4, -0.2) is 69.4 Å². The Hall–Kier alpha value is -2.48. The molecule has 0 spiro atoms. The van der Waals surface area contributed by atoms with Gasteiger partial charge in [-0.25, -0.2) is 0 Å². The molecule has 0 bridgehead atoms. The van der Waals surface area contributed by atoms with Crippen molar-refractivity contribution in [2.24, 2.45) is 0 Å². The van der Waals surface area contributed by atoms with Crippen LogP contribution < -0.4 is 19.5 Å². The van der Waals surface area contributed by atoms with Crippen LogP contribution in [0.2, 0.25) is 0 Å². The van der Waals surface area contributed by atoms with E-state index >= 15 is 0 Å². The van der Waals surface area contributed by atoms with Gasteiger partial charge in [0.25, 0.3) is 5.91 Å². The first-order chi connectivity index (χ1) is 14.0. The fourth-order valence-electron chi connectivity index (χ4n) is 3.32. The van der Waals surface area contributed by atoms with E-state index < -0.39 is 0 Å². The van der Waals surface area contributed by atoms with Crippen LogP contribution in [0, 0.1) is 0 Å². The number of rotatable bonds is 10. The molecule has 1 heterocycles. The normalized spacial score (nSPS) is 14.4. The van der Waals surface area contributed by atoms with Gasteiger partial charge < -0.3 is 29.2 Å². The lowest BCUT2D eigenvalue weighted by molar-refractivity contribution is -0.125. The van der Waals surface area contributed by atoms with Crippen molar-refractivity contribution in [1.29, 1.82) is 0 Å². The van der Waals surface area contributed by atoms with Crippen molar-refractivity contribution in [3.8, 4) is 17.2 Å². The molecule has 0 aromatic heterocycles. The summed E-state index contributed by atoms with van der Waals surface area (Å²) < 4.78 is 21.9. The molecule has 2 amide bonds. The molecule has 1 aliphatic heterocycles. The number of piperidine rings is 1. The van der Waals surface area contributed by atoms with Crippen molar-refractivity contribution in [3.63, 3.8) is 0 Å². The summed E-state index contributed by atoms with van der Waals surface area (Å²) in [5, 5.41) is 2.93. The highest BCUT2D eigenvalue weighted by atomic mass is 16.5. The number of nitrogens with zero attached hydrogens (tertiary/aromatic N) is 1. The zero-order chi connectivity index (χ0) is 21.2. The summed E-state index contributed by atoms with van der Waals surface area (Å²) >= 11 is 0. The fraction of sp³-hybridized carbons (Fsp3) is 0.619. The lowest BCUT2D eigenvalue weighted by Gasteiger charge is -2.32. The Labute approximate surface area is 172 Å².